The molecule has 1 aromatic carbocycles. The Balaban J connectivity index is 1.82. The van der Waals surface area contributed by atoms with Crippen LogP contribution in [0, 0.1) is 0 Å². The van der Waals surface area contributed by atoms with Gasteiger partial charge in [0.1, 0.15) is 6.04 Å². The Morgan fingerprint density at radius 3 is 2.40 bits per heavy atom. The maximum Gasteiger partial charge on any atom is 0.319 e. The molecule has 2 N–H and O–H groups in total. The van der Waals surface area contributed by atoms with E-state index < -0.39 is 6.04 Å². The third kappa shape index (κ3) is 3.98. The van der Waals surface area contributed by atoms with Gasteiger partial charge in [0.05, 0.1) is 0 Å². The quantitative estimate of drug-likeness (QED) is 0.888. The molecule has 2 rings (SSSR count). The van der Waals surface area contributed by atoms with Crippen LogP contribution >= 0.6 is 0 Å². The van der Waals surface area contributed by atoms with Crippen LogP contribution in [0.5, 0.6) is 0 Å². The van der Waals surface area contributed by atoms with Gasteiger partial charge < -0.3 is 15.5 Å². The SMILES string of the molecule is C[C@H](NC(=O)Nc1ccccc1)C(=O)N1CCCCC1. The first-order valence-electron chi connectivity index (χ1n) is 7.08. The summed E-state index contributed by atoms with van der Waals surface area (Å²) in [6.45, 7) is 3.32. The number of amides is 3. The maximum absolute atomic E-state index is 12.2. The molecule has 3 amide bonds. The summed E-state index contributed by atoms with van der Waals surface area (Å²) < 4.78 is 0. The standard InChI is InChI=1S/C15H21N3O2/c1-12(14(19)18-10-6-3-7-11-18)16-15(20)17-13-8-4-2-5-9-13/h2,4-5,8-9,12H,3,6-7,10-11H2,1H3,(H2,16,17,20)/t12-/m0/s1. The first-order valence-corrected chi connectivity index (χ1v) is 7.08. The molecule has 108 valence electrons. The summed E-state index contributed by atoms with van der Waals surface area (Å²) >= 11 is 0. The van der Waals surface area contributed by atoms with E-state index in [4.69, 9.17) is 0 Å². The molecule has 0 unspecified atom stereocenters. The number of urea groups is 1. The van der Waals surface area contributed by atoms with E-state index in [1.807, 2.05) is 23.1 Å². The second kappa shape index (κ2) is 6.93. The van der Waals surface area contributed by atoms with Crippen LogP contribution in [-0.2, 0) is 4.79 Å². The van der Waals surface area contributed by atoms with Crippen molar-refractivity contribution >= 4 is 17.6 Å². The van der Waals surface area contributed by atoms with Gasteiger partial charge in [-0.25, -0.2) is 4.79 Å². The van der Waals surface area contributed by atoms with Crippen LogP contribution in [-0.4, -0.2) is 36.0 Å². The van der Waals surface area contributed by atoms with Crippen molar-refractivity contribution in [1.82, 2.24) is 10.2 Å². The number of para-hydroxylation sites is 1. The lowest BCUT2D eigenvalue weighted by molar-refractivity contribution is -0.133. The summed E-state index contributed by atoms with van der Waals surface area (Å²) in [5.41, 5.74) is 0.711. The molecule has 0 aromatic heterocycles. The van der Waals surface area contributed by atoms with Gasteiger partial charge in [0.25, 0.3) is 0 Å². The van der Waals surface area contributed by atoms with E-state index in [1.54, 1.807) is 19.1 Å². The zero-order valence-corrected chi connectivity index (χ0v) is 11.8. The average molecular weight is 275 g/mol. The number of carbonyl (C=O) groups is 2. The number of rotatable bonds is 3. The second-order valence-electron chi connectivity index (χ2n) is 5.07. The predicted octanol–water partition coefficient (Wildman–Crippen LogP) is 2.21. The Kier molecular flexibility index (Phi) is 4.98. The third-order valence-electron chi connectivity index (χ3n) is 3.42. The van der Waals surface area contributed by atoms with E-state index in [0.29, 0.717) is 5.69 Å². The number of hydrogen-bond donors (Lipinski definition) is 2. The van der Waals surface area contributed by atoms with Crippen LogP contribution in [0.4, 0.5) is 10.5 Å². The summed E-state index contributed by atoms with van der Waals surface area (Å²) in [7, 11) is 0. The molecular weight excluding hydrogens is 254 g/mol. The topological polar surface area (TPSA) is 61.4 Å². The van der Waals surface area contributed by atoms with Crippen LogP contribution in [0.3, 0.4) is 0 Å². The molecule has 1 saturated heterocycles. The maximum atomic E-state index is 12.2. The number of hydrogen-bond acceptors (Lipinski definition) is 2. The summed E-state index contributed by atoms with van der Waals surface area (Å²) in [5.74, 6) is -0.00656. The van der Waals surface area contributed by atoms with E-state index in [1.165, 1.54) is 6.42 Å². The van der Waals surface area contributed by atoms with Crippen LogP contribution < -0.4 is 10.6 Å². The summed E-state index contributed by atoms with van der Waals surface area (Å²) in [5, 5.41) is 5.39. The first-order chi connectivity index (χ1) is 9.66. The molecule has 20 heavy (non-hydrogen) atoms. The molecule has 5 nitrogen and oxygen atoms in total. The monoisotopic (exact) mass is 275 g/mol. The van der Waals surface area contributed by atoms with Crippen LogP contribution in [0.25, 0.3) is 0 Å². The molecule has 1 aliphatic rings. The molecule has 1 heterocycles. The lowest BCUT2D eigenvalue weighted by Crippen LogP contribution is -2.49. The highest BCUT2D eigenvalue weighted by atomic mass is 16.2. The Morgan fingerprint density at radius 1 is 1.10 bits per heavy atom. The summed E-state index contributed by atoms with van der Waals surface area (Å²) in [6.07, 6.45) is 3.28. The molecule has 5 heteroatoms. The van der Waals surface area contributed by atoms with Crippen molar-refractivity contribution in [2.45, 2.75) is 32.2 Å². The van der Waals surface area contributed by atoms with Crippen LogP contribution in [0.15, 0.2) is 30.3 Å². The highest BCUT2D eigenvalue weighted by molar-refractivity contribution is 5.93. The Morgan fingerprint density at radius 2 is 1.75 bits per heavy atom. The van der Waals surface area contributed by atoms with Crippen molar-refractivity contribution in [3.05, 3.63) is 30.3 Å². The Labute approximate surface area is 119 Å². The van der Waals surface area contributed by atoms with E-state index in [2.05, 4.69) is 10.6 Å². The molecule has 1 atom stereocenters. The normalized spacial score (nSPS) is 16.4. The number of piperidine rings is 1. The van der Waals surface area contributed by atoms with E-state index in [0.717, 1.165) is 25.9 Å². The molecule has 0 saturated carbocycles. The van der Waals surface area contributed by atoms with Gasteiger partial charge >= 0.3 is 6.03 Å². The Hall–Kier alpha value is -2.04. The van der Waals surface area contributed by atoms with Crippen molar-refractivity contribution in [3.8, 4) is 0 Å². The summed E-state index contributed by atoms with van der Waals surface area (Å²) in [6, 6.07) is 8.32. The molecule has 1 aliphatic heterocycles. The minimum Gasteiger partial charge on any atom is -0.341 e. The van der Waals surface area contributed by atoms with Gasteiger partial charge in [0.2, 0.25) is 5.91 Å². The fourth-order valence-corrected chi connectivity index (χ4v) is 2.34. The minimum atomic E-state index is -0.503. The predicted molar refractivity (Wildman–Crippen MR) is 78.5 cm³/mol. The van der Waals surface area contributed by atoms with Gasteiger partial charge in [0.15, 0.2) is 0 Å². The summed E-state index contributed by atoms with van der Waals surface area (Å²) in [4.78, 5) is 25.8. The van der Waals surface area contributed by atoms with Crippen LogP contribution in [0.1, 0.15) is 26.2 Å². The molecule has 1 fully saturated rings. The second-order valence-corrected chi connectivity index (χ2v) is 5.07. The number of nitrogens with one attached hydrogen (secondary N) is 2. The minimum absolute atomic E-state index is 0.00656. The molecule has 0 aliphatic carbocycles. The van der Waals surface area contributed by atoms with Crippen LogP contribution in [0.2, 0.25) is 0 Å². The Bertz CT molecular complexity index is 455. The van der Waals surface area contributed by atoms with Gasteiger partial charge in [-0.15, -0.1) is 0 Å². The van der Waals surface area contributed by atoms with Gasteiger partial charge in [-0.05, 0) is 38.3 Å². The average Bonchev–Trinajstić information content (AvgIpc) is 2.48. The molecule has 0 spiro atoms. The lowest BCUT2D eigenvalue weighted by atomic mass is 10.1. The highest BCUT2D eigenvalue weighted by Gasteiger charge is 2.23. The van der Waals surface area contributed by atoms with Crippen molar-refractivity contribution in [2.75, 3.05) is 18.4 Å². The fourth-order valence-electron chi connectivity index (χ4n) is 2.34. The molecule has 0 bridgehead atoms. The number of carbonyl (C=O) groups excluding carboxylic acids is 2. The number of likely N-dealkylation sites (tertiary alicyclic amines) is 1. The highest BCUT2D eigenvalue weighted by Crippen LogP contribution is 2.10. The van der Waals surface area contributed by atoms with Gasteiger partial charge in [-0.2, -0.15) is 0 Å². The van der Waals surface area contributed by atoms with E-state index in [-0.39, 0.29) is 11.9 Å². The van der Waals surface area contributed by atoms with Crippen molar-refractivity contribution in [3.63, 3.8) is 0 Å². The molecular formula is C15H21N3O2. The number of nitrogens with zero attached hydrogens (tertiary/aromatic N) is 1. The fraction of sp³-hybridized carbons (Fsp3) is 0.467. The van der Waals surface area contributed by atoms with Gasteiger partial charge in [-0.3, -0.25) is 4.79 Å². The number of anilines is 1. The van der Waals surface area contributed by atoms with E-state index in [9.17, 15) is 9.59 Å². The largest absolute Gasteiger partial charge is 0.341 e. The zero-order chi connectivity index (χ0) is 14.4. The first kappa shape index (κ1) is 14.4. The van der Waals surface area contributed by atoms with Crippen molar-refractivity contribution in [1.29, 1.82) is 0 Å². The van der Waals surface area contributed by atoms with E-state index >= 15 is 0 Å². The lowest BCUT2D eigenvalue weighted by Gasteiger charge is -2.29. The smallest absolute Gasteiger partial charge is 0.319 e. The van der Waals surface area contributed by atoms with Crippen molar-refractivity contribution < 1.29 is 9.59 Å². The van der Waals surface area contributed by atoms with Gasteiger partial charge in [-0.1, -0.05) is 18.2 Å². The van der Waals surface area contributed by atoms with Gasteiger partial charge in [0, 0.05) is 18.8 Å². The molecule has 1 aromatic rings. The van der Waals surface area contributed by atoms with Crippen molar-refractivity contribution in [2.24, 2.45) is 0 Å². The zero-order valence-electron chi connectivity index (χ0n) is 11.8. The number of benzene rings is 1. The molecule has 0 radical (unpaired) electrons. The third-order valence-corrected chi connectivity index (χ3v) is 3.42.